The molecule has 2 nitrogen and oxygen atoms in total. The molecule has 3 heteroatoms. The zero-order valence-corrected chi connectivity index (χ0v) is 21.5. The van der Waals surface area contributed by atoms with Crippen molar-refractivity contribution in [2.75, 3.05) is 4.93 Å². The summed E-state index contributed by atoms with van der Waals surface area (Å²) in [5.74, 6) is 4.62. The first kappa shape index (κ1) is 20.6. The van der Waals surface area contributed by atoms with Crippen LogP contribution in [-0.4, -0.2) is 18.5 Å². The van der Waals surface area contributed by atoms with Crippen LogP contribution in [0.25, 0.3) is 16.7 Å². The quantitative estimate of drug-likeness (QED) is 0.291. The maximum Gasteiger partial charge on any atom is 0.100 e. The molecule has 4 aliphatic rings. The van der Waals surface area contributed by atoms with Crippen molar-refractivity contribution in [2.24, 2.45) is 40.4 Å². The number of benzene rings is 1. The highest BCUT2D eigenvalue weighted by atomic mass is 127. The van der Waals surface area contributed by atoms with Gasteiger partial charge in [0.2, 0.25) is 0 Å². The highest BCUT2D eigenvalue weighted by molar-refractivity contribution is 14.2. The molecule has 1 aromatic heterocycles. The average Bonchev–Trinajstić information content (AvgIpc) is 3.34. The number of allylic oxidation sites excluding steroid dienone is 2. The number of imidazole rings is 1. The molecule has 3 fully saturated rings. The predicted octanol–water partition coefficient (Wildman–Crippen LogP) is 7.55. The maximum absolute atomic E-state index is 4.72. The van der Waals surface area contributed by atoms with Gasteiger partial charge in [0.15, 0.2) is 0 Å². The van der Waals surface area contributed by atoms with Crippen molar-refractivity contribution < 1.29 is 0 Å². The van der Waals surface area contributed by atoms with E-state index in [4.69, 9.17) is 4.98 Å². The molecule has 1 heterocycles. The number of rotatable bonds is 2. The molecule has 31 heavy (non-hydrogen) atoms. The second-order valence-electron chi connectivity index (χ2n) is 11.4. The number of hydrogen-bond donors (Lipinski definition) is 0. The highest BCUT2D eigenvalue weighted by Gasteiger charge is 2.58. The van der Waals surface area contributed by atoms with Crippen molar-refractivity contribution in [1.82, 2.24) is 9.55 Å². The number of alkyl halides is 1. The Morgan fingerprint density at radius 3 is 2.81 bits per heavy atom. The second kappa shape index (κ2) is 7.53. The normalized spacial score (nSPS) is 42.5. The molecule has 7 atom stereocenters. The SMILES string of the molecule is CI=C[C@@H]1CC[C@@]2(C)C(CCC3C2CC[C@]2(C)C(n4cnc5ccccc54)=CCC32)C1. The van der Waals surface area contributed by atoms with Crippen LogP contribution >= 0.6 is 20.7 Å². The van der Waals surface area contributed by atoms with E-state index in [1.807, 2.05) is 0 Å². The average molecular weight is 529 g/mol. The van der Waals surface area contributed by atoms with Gasteiger partial charge in [0.05, 0.1) is 11.0 Å². The van der Waals surface area contributed by atoms with E-state index in [-0.39, 0.29) is 0 Å². The summed E-state index contributed by atoms with van der Waals surface area (Å²) in [6, 6.07) is 8.65. The van der Waals surface area contributed by atoms with Crippen LogP contribution in [-0.2, 0) is 0 Å². The van der Waals surface area contributed by atoms with Crippen LogP contribution < -0.4 is 0 Å². The molecule has 3 saturated carbocycles. The van der Waals surface area contributed by atoms with Gasteiger partial charge in [-0.1, -0.05) is 36.1 Å². The molecule has 0 aliphatic heterocycles. The first-order valence-electron chi connectivity index (χ1n) is 12.5. The Morgan fingerprint density at radius 1 is 1.06 bits per heavy atom. The van der Waals surface area contributed by atoms with E-state index < -0.39 is 0 Å². The minimum Gasteiger partial charge on any atom is -0.302 e. The summed E-state index contributed by atoms with van der Waals surface area (Å²) in [6.45, 7) is 5.30. The molecule has 0 radical (unpaired) electrons. The Kier molecular flexibility index (Phi) is 5.01. The number of aromatic nitrogens is 2. The lowest BCUT2D eigenvalue weighted by molar-refractivity contribution is -0.0998. The zero-order chi connectivity index (χ0) is 21.2. The number of halogens is 1. The monoisotopic (exact) mass is 528 g/mol. The topological polar surface area (TPSA) is 17.8 Å². The fourth-order valence-corrected chi connectivity index (χ4v) is 10.3. The summed E-state index contributed by atoms with van der Waals surface area (Å²) >= 11 is 0.333. The Labute approximate surface area is 197 Å². The highest BCUT2D eigenvalue weighted by Crippen LogP contribution is 2.67. The van der Waals surface area contributed by atoms with E-state index in [2.05, 4.69) is 64.0 Å². The summed E-state index contributed by atoms with van der Waals surface area (Å²) in [7, 11) is 0. The molecule has 4 aliphatic carbocycles. The molecule has 166 valence electrons. The third-order valence-corrected chi connectivity index (χ3v) is 12.0. The maximum atomic E-state index is 4.72. The van der Waals surface area contributed by atoms with Gasteiger partial charge in [0.1, 0.15) is 6.33 Å². The minimum absolute atomic E-state index is 0.311. The number of para-hydroxylation sites is 2. The Morgan fingerprint density at radius 2 is 1.94 bits per heavy atom. The summed E-state index contributed by atoms with van der Waals surface area (Å²) < 4.78 is 5.16. The van der Waals surface area contributed by atoms with E-state index >= 15 is 0 Å². The van der Waals surface area contributed by atoms with Crippen LogP contribution in [0.15, 0.2) is 36.7 Å². The summed E-state index contributed by atoms with van der Waals surface area (Å²) in [5, 5.41) is 0. The number of hydrogen-bond acceptors (Lipinski definition) is 1. The zero-order valence-electron chi connectivity index (χ0n) is 19.4. The van der Waals surface area contributed by atoms with E-state index in [9.17, 15) is 0 Å². The second-order valence-corrected chi connectivity index (χ2v) is 13.4. The number of fused-ring (bicyclic) bond motifs is 6. The minimum atomic E-state index is 0.311. The van der Waals surface area contributed by atoms with Crippen LogP contribution in [0.3, 0.4) is 0 Å². The molecule has 0 bridgehead atoms. The van der Waals surface area contributed by atoms with Crippen LogP contribution in [0.4, 0.5) is 0 Å². The molecule has 0 spiro atoms. The van der Waals surface area contributed by atoms with Crippen LogP contribution in [0.5, 0.6) is 0 Å². The van der Waals surface area contributed by atoms with Gasteiger partial charge in [-0.15, -0.1) is 20.7 Å². The summed E-state index contributed by atoms with van der Waals surface area (Å²) in [6.07, 6.45) is 16.2. The largest absolute Gasteiger partial charge is 0.302 e. The molecule has 6 rings (SSSR count). The van der Waals surface area contributed by atoms with Crippen molar-refractivity contribution in [3.63, 3.8) is 0 Å². The molecule has 0 amide bonds. The Balaban J connectivity index is 1.29. The Hall–Kier alpha value is -0.970. The molecule has 4 unspecified atom stereocenters. The van der Waals surface area contributed by atoms with Crippen molar-refractivity contribution in [3.05, 3.63) is 36.7 Å². The van der Waals surface area contributed by atoms with E-state index in [0.29, 0.717) is 31.6 Å². The molecular weight excluding hydrogens is 491 g/mol. The smallest absolute Gasteiger partial charge is 0.100 e. The lowest BCUT2D eigenvalue weighted by atomic mass is 9.44. The van der Waals surface area contributed by atoms with E-state index in [1.165, 1.54) is 56.9 Å². The molecular formula is C28H37IN2. The molecule has 2 aromatic rings. The van der Waals surface area contributed by atoms with Crippen molar-refractivity contribution >= 4 is 41.5 Å². The molecule has 0 saturated heterocycles. The van der Waals surface area contributed by atoms with Crippen LogP contribution in [0.2, 0.25) is 0 Å². The fourth-order valence-electron chi connectivity index (χ4n) is 8.65. The standard InChI is InChI=1S/C28H37IN2/c1-27-14-12-19(17-29-3)16-20(27)8-9-21-22-10-11-26(28(22,2)15-13-23(21)27)31-18-30-24-6-4-5-7-25(24)31/h4-7,11,17-23H,8-10,12-16H2,1-3H3/t19-,20?,21?,22?,23?,27+,28+/m1/s1. The summed E-state index contributed by atoms with van der Waals surface area (Å²) in [4.78, 5) is 7.15. The first-order chi connectivity index (χ1) is 15.0. The third-order valence-electron chi connectivity index (χ3n) is 10.3. The van der Waals surface area contributed by atoms with Gasteiger partial charge in [0.25, 0.3) is 0 Å². The van der Waals surface area contributed by atoms with Crippen molar-refractivity contribution in [2.45, 2.75) is 65.2 Å². The van der Waals surface area contributed by atoms with E-state index in [1.54, 1.807) is 5.70 Å². The molecule has 0 N–H and O–H groups in total. The van der Waals surface area contributed by atoms with Crippen LogP contribution in [0.1, 0.15) is 65.2 Å². The summed E-state index contributed by atoms with van der Waals surface area (Å²) in [5.41, 5.74) is 4.86. The van der Waals surface area contributed by atoms with Crippen molar-refractivity contribution in [1.29, 1.82) is 0 Å². The lowest BCUT2D eigenvalue weighted by Crippen LogP contribution is -2.53. The lowest BCUT2D eigenvalue weighted by Gasteiger charge is -2.61. The predicted molar refractivity (Wildman–Crippen MR) is 141 cm³/mol. The van der Waals surface area contributed by atoms with Gasteiger partial charge in [0, 0.05) is 11.1 Å². The van der Waals surface area contributed by atoms with Crippen molar-refractivity contribution in [3.8, 4) is 0 Å². The van der Waals surface area contributed by atoms with Gasteiger partial charge < -0.3 is 4.57 Å². The molecule has 1 aromatic carbocycles. The van der Waals surface area contributed by atoms with Gasteiger partial charge in [-0.2, -0.15) is 0 Å². The fraction of sp³-hybridized carbons (Fsp3) is 0.643. The van der Waals surface area contributed by atoms with Gasteiger partial charge >= 0.3 is 0 Å². The van der Waals surface area contributed by atoms with Gasteiger partial charge in [-0.25, -0.2) is 4.98 Å². The third kappa shape index (κ3) is 3.00. The van der Waals surface area contributed by atoms with E-state index in [0.717, 1.165) is 35.1 Å². The Bertz CT molecular complexity index is 1050. The van der Waals surface area contributed by atoms with Gasteiger partial charge in [-0.3, -0.25) is 0 Å². The number of nitrogens with zero attached hydrogens (tertiary/aromatic N) is 2. The van der Waals surface area contributed by atoms with Crippen LogP contribution in [0, 0.1) is 40.4 Å². The first-order valence-corrected chi connectivity index (χ1v) is 15.9. The van der Waals surface area contributed by atoms with Gasteiger partial charge in [-0.05, 0) is 103 Å².